The topological polar surface area (TPSA) is 57.5 Å². The summed E-state index contributed by atoms with van der Waals surface area (Å²) < 4.78 is 0. The number of carbonyl (C=O) groups is 1. The maximum atomic E-state index is 10.8. The fourth-order valence-corrected chi connectivity index (χ4v) is 2.48. The predicted octanol–water partition coefficient (Wildman–Crippen LogP) is 3.80. The van der Waals surface area contributed by atoms with E-state index in [0.717, 1.165) is 11.3 Å². The molecule has 0 saturated heterocycles. The SMILES string of the molecule is CCc1ccc(Sc2ccc(C(=O)O)cc2O)cc1. The molecule has 0 aliphatic carbocycles. The van der Waals surface area contributed by atoms with Crippen molar-refractivity contribution in [1.29, 1.82) is 0 Å². The van der Waals surface area contributed by atoms with Gasteiger partial charge in [0.05, 0.1) is 10.5 Å². The Morgan fingerprint density at radius 1 is 1.16 bits per heavy atom. The van der Waals surface area contributed by atoms with Crippen LogP contribution in [0.3, 0.4) is 0 Å². The Hall–Kier alpha value is -1.94. The zero-order valence-corrected chi connectivity index (χ0v) is 11.3. The highest BCUT2D eigenvalue weighted by Gasteiger charge is 2.08. The van der Waals surface area contributed by atoms with Crippen molar-refractivity contribution in [3.8, 4) is 5.75 Å². The number of benzene rings is 2. The third-order valence-electron chi connectivity index (χ3n) is 2.77. The van der Waals surface area contributed by atoms with Gasteiger partial charge in [0.1, 0.15) is 5.75 Å². The van der Waals surface area contributed by atoms with E-state index in [0.29, 0.717) is 4.90 Å². The summed E-state index contributed by atoms with van der Waals surface area (Å²) in [6.45, 7) is 2.10. The van der Waals surface area contributed by atoms with Gasteiger partial charge >= 0.3 is 5.97 Å². The number of aromatic hydroxyl groups is 1. The van der Waals surface area contributed by atoms with Crippen molar-refractivity contribution in [2.45, 2.75) is 23.1 Å². The normalized spacial score (nSPS) is 10.4. The average molecular weight is 274 g/mol. The van der Waals surface area contributed by atoms with Crippen LogP contribution in [0.1, 0.15) is 22.8 Å². The molecule has 0 aromatic heterocycles. The van der Waals surface area contributed by atoms with Crippen molar-refractivity contribution >= 4 is 17.7 Å². The lowest BCUT2D eigenvalue weighted by molar-refractivity contribution is 0.0696. The van der Waals surface area contributed by atoms with Crippen molar-refractivity contribution in [2.75, 3.05) is 0 Å². The van der Waals surface area contributed by atoms with Crippen LogP contribution in [-0.4, -0.2) is 16.2 Å². The summed E-state index contributed by atoms with van der Waals surface area (Å²) in [6.07, 6.45) is 0.990. The molecule has 0 aliphatic heterocycles. The third-order valence-corrected chi connectivity index (χ3v) is 3.84. The van der Waals surface area contributed by atoms with E-state index in [4.69, 9.17) is 5.11 Å². The molecular formula is C15H14O3S. The molecule has 2 aromatic carbocycles. The van der Waals surface area contributed by atoms with Crippen molar-refractivity contribution in [3.05, 3.63) is 53.6 Å². The molecule has 0 saturated carbocycles. The van der Waals surface area contributed by atoms with E-state index >= 15 is 0 Å². The van der Waals surface area contributed by atoms with Crippen LogP contribution in [0.5, 0.6) is 5.75 Å². The number of hydrogen-bond acceptors (Lipinski definition) is 3. The Bertz CT molecular complexity index is 591. The van der Waals surface area contributed by atoms with E-state index in [9.17, 15) is 9.90 Å². The van der Waals surface area contributed by atoms with Crippen molar-refractivity contribution in [2.24, 2.45) is 0 Å². The minimum Gasteiger partial charge on any atom is -0.507 e. The first-order valence-corrected chi connectivity index (χ1v) is 6.75. The van der Waals surface area contributed by atoms with E-state index in [2.05, 4.69) is 6.92 Å². The fourth-order valence-electron chi connectivity index (χ4n) is 1.66. The summed E-state index contributed by atoms with van der Waals surface area (Å²) in [5.41, 5.74) is 1.35. The number of hydrogen-bond donors (Lipinski definition) is 2. The van der Waals surface area contributed by atoms with E-state index in [1.54, 1.807) is 6.07 Å². The lowest BCUT2D eigenvalue weighted by Gasteiger charge is -2.06. The van der Waals surface area contributed by atoms with Gasteiger partial charge in [0.15, 0.2) is 0 Å². The number of aryl methyl sites for hydroxylation is 1. The van der Waals surface area contributed by atoms with Crippen LogP contribution in [0.25, 0.3) is 0 Å². The van der Waals surface area contributed by atoms with E-state index in [1.807, 2.05) is 24.3 Å². The molecule has 0 radical (unpaired) electrons. The average Bonchev–Trinajstić information content (AvgIpc) is 2.41. The summed E-state index contributed by atoms with van der Waals surface area (Å²) >= 11 is 1.41. The molecule has 2 aromatic rings. The van der Waals surface area contributed by atoms with Gasteiger partial charge in [-0.1, -0.05) is 30.8 Å². The smallest absolute Gasteiger partial charge is 0.335 e. The Morgan fingerprint density at radius 2 is 1.84 bits per heavy atom. The molecule has 2 N–H and O–H groups in total. The van der Waals surface area contributed by atoms with Crippen LogP contribution in [0.4, 0.5) is 0 Å². The first kappa shape index (κ1) is 13.5. The van der Waals surface area contributed by atoms with E-state index < -0.39 is 5.97 Å². The van der Waals surface area contributed by atoms with Gasteiger partial charge in [0, 0.05) is 4.90 Å². The highest BCUT2D eigenvalue weighted by Crippen LogP contribution is 2.34. The summed E-state index contributed by atoms with van der Waals surface area (Å²) in [7, 11) is 0. The maximum Gasteiger partial charge on any atom is 0.335 e. The lowest BCUT2D eigenvalue weighted by atomic mass is 10.2. The van der Waals surface area contributed by atoms with Crippen LogP contribution in [0.15, 0.2) is 52.3 Å². The lowest BCUT2D eigenvalue weighted by Crippen LogP contribution is -1.95. The second-order valence-electron chi connectivity index (χ2n) is 4.09. The first-order chi connectivity index (χ1) is 9.10. The molecule has 98 valence electrons. The summed E-state index contributed by atoms with van der Waals surface area (Å²) in [4.78, 5) is 12.4. The molecule has 3 nitrogen and oxygen atoms in total. The molecule has 0 amide bonds. The first-order valence-electron chi connectivity index (χ1n) is 5.93. The number of phenols is 1. The number of carboxylic acid groups (broad SMARTS) is 1. The Kier molecular flexibility index (Phi) is 4.12. The standard InChI is InChI=1S/C15H14O3S/c1-2-10-3-6-12(7-4-10)19-14-8-5-11(15(17)18)9-13(14)16/h3-9,16H,2H2,1H3,(H,17,18). The number of phenolic OH excluding ortho intramolecular Hbond substituents is 1. The highest BCUT2D eigenvalue weighted by atomic mass is 32.2. The van der Waals surface area contributed by atoms with Crippen molar-refractivity contribution in [3.63, 3.8) is 0 Å². The van der Waals surface area contributed by atoms with Crippen LogP contribution < -0.4 is 0 Å². The minimum absolute atomic E-state index is 0.00975. The highest BCUT2D eigenvalue weighted by molar-refractivity contribution is 7.99. The molecule has 19 heavy (non-hydrogen) atoms. The van der Waals surface area contributed by atoms with Gasteiger partial charge in [-0.3, -0.25) is 0 Å². The molecule has 0 fully saturated rings. The van der Waals surface area contributed by atoms with Gasteiger partial charge in [0.2, 0.25) is 0 Å². The Morgan fingerprint density at radius 3 is 2.37 bits per heavy atom. The molecule has 0 heterocycles. The van der Waals surface area contributed by atoms with Gasteiger partial charge in [-0.2, -0.15) is 0 Å². The van der Waals surface area contributed by atoms with Crippen LogP contribution in [0.2, 0.25) is 0 Å². The van der Waals surface area contributed by atoms with Gasteiger partial charge < -0.3 is 10.2 Å². The molecule has 0 atom stereocenters. The monoisotopic (exact) mass is 274 g/mol. The third kappa shape index (κ3) is 3.29. The number of aromatic carboxylic acids is 1. The molecule has 0 aliphatic rings. The second-order valence-corrected chi connectivity index (χ2v) is 5.20. The van der Waals surface area contributed by atoms with E-state index in [1.165, 1.54) is 29.5 Å². The van der Waals surface area contributed by atoms with Crippen LogP contribution >= 0.6 is 11.8 Å². The van der Waals surface area contributed by atoms with Gasteiger partial charge in [0.25, 0.3) is 0 Å². The fraction of sp³-hybridized carbons (Fsp3) is 0.133. The molecule has 0 unspecified atom stereocenters. The van der Waals surface area contributed by atoms with Crippen molar-refractivity contribution in [1.82, 2.24) is 0 Å². The molecule has 0 spiro atoms. The van der Waals surface area contributed by atoms with Gasteiger partial charge in [-0.05, 0) is 42.3 Å². The molecule has 0 bridgehead atoms. The largest absolute Gasteiger partial charge is 0.507 e. The maximum absolute atomic E-state index is 10.8. The number of carboxylic acids is 1. The van der Waals surface area contributed by atoms with Crippen molar-refractivity contribution < 1.29 is 15.0 Å². The summed E-state index contributed by atoms with van der Waals surface area (Å²) in [5.74, 6) is -1.05. The van der Waals surface area contributed by atoms with E-state index in [-0.39, 0.29) is 11.3 Å². The minimum atomic E-state index is -1.04. The summed E-state index contributed by atoms with van der Waals surface area (Å²) in [6, 6.07) is 12.5. The van der Waals surface area contributed by atoms with Gasteiger partial charge in [-0.25, -0.2) is 4.79 Å². The zero-order valence-electron chi connectivity index (χ0n) is 10.5. The van der Waals surface area contributed by atoms with Crippen LogP contribution in [0, 0.1) is 0 Å². The molecular weight excluding hydrogens is 260 g/mol. The zero-order chi connectivity index (χ0) is 13.8. The Balaban J connectivity index is 2.20. The summed E-state index contributed by atoms with van der Waals surface area (Å²) in [5, 5.41) is 18.6. The van der Waals surface area contributed by atoms with Crippen LogP contribution in [-0.2, 0) is 6.42 Å². The predicted molar refractivity (Wildman–Crippen MR) is 75.0 cm³/mol. The molecule has 4 heteroatoms. The Labute approximate surface area is 115 Å². The second kappa shape index (κ2) is 5.80. The quantitative estimate of drug-likeness (QED) is 0.890. The number of rotatable bonds is 4. The van der Waals surface area contributed by atoms with Gasteiger partial charge in [-0.15, -0.1) is 0 Å². The molecule has 2 rings (SSSR count).